The molecule has 0 fully saturated rings. The lowest BCUT2D eigenvalue weighted by atomic mass is 10.3. The number of carbonyl (C=O) groups excluding carboxylic acids is 2. The van der Waals surface area contributed by atoms with Gasteiger partial charge in [0.1, 0.15) is 6.34 Å². The Hall–Kier alpha value is -2.89. The second-order valence-corrected chi connectivity index (χ2v) is 4.15. The first-order valence-corrected chi connectivity index (χ1v) is 6.01. The van der Waals surface area contributed by atoms with Gasteiger partial charge >= 0.3 is 0 Å². The van der Waals surface area contributed by atoms with Gasteiger partial charge in [-0.25, -0.2) is 5.01 Å². The zero-order chi connectivity index (χ0) is 13.9. The summed E-state index contributed by atoms with van der Waals surface area (Å²) in [6.45, 7) is 0. The van der Waals surface area contributed by atoms with E-state index in [9.17, 15) is 9.59 Å². The van der Waals surface area contributed by atoms with Gasteiger partial charge in [0.2, 0.25) is 0 Å². The summed E-state index contributed by atoms with van der Waals surface area (Å²) in [5.41, 5.74) is 0.732. The molecule has 2 heterocycles. The van der Waals surface area contributed by atoms with E-state index in [0.29, 0.717) is 6.29 Å². The highest BCUT2D eigenvalue weighted by atomic mass is 16.3. The number of nitrogens with zero attached hydrogens (tertiary/aromatic N) is 3. The Morgan fingerprint density at radius 3 is 2.65 bits per heavy atom. The Morgan fingerprint density at radius 2 is 2.00 bits per heavy atom. The van der Waals surface area contributed by atoms with Gasteiger partial charge in [-0.05, 0) is 24.3 Å². The third kappa shape index (κ3) is 1.97. The van der Waals surface area contributed by atoms with Crippen LogP contribution in [0.5, 0.6) is 0 Å². The van der Waals surface area contributed by atoms with Crippen LogP contribution in [0.25, 0.3) is 0 Å². The number of benzene rings is 1. The van der Waals surface area contributed by atoms with Gasteiger partial charge in [0, 0.05) is 0 Å². The zero-order valence-electron chi connectivity index (χ0n) is 10.4. The average molecular weight is 269 g/mol. The van der Waals surface area contributed by atoms with E-state index in [-0.39, 0.29) is 5.76 Å². The van der Waals surface area contributed by atoms with Crippen molar-refractivity contribution >= 4 is 24.2 Å². The molecule has 1 aromatic carbocycles. The number of hydrogen-bond acceptors (Lipinski definition) is 5. The van der Waals surface area contributed by atoms with E-state index >= 15 is 0 Å². The van der Waals surface area contributed by atoms with E-state index in [4.69, 9.17) is 4.42 Å². The fraction of sp³-hybridized carbons (Fsp3) is 0.0714. The SMILES string of the molecule is O=CC1N(C(=O)c2ccco2)C=NN1c1ccccc1. The van der Waals surface area contributed by atoms with Crippen LogP contribution in [0.3, 0.4) is 0 Å². The van der Waals surface area contributed by atoms with Crippen molar-refractivity contribution in [1.82, 2.24) is 4.90 Å². The molecule has 0 saturated heterocycles. The van der Waals surface area contributed by atoms with Crippen molar-refractivity contribution < 1.29 is 14.0 Å². The molecule has 100 valence electrons. The molecule has 0 aliphatic carbocycles. The summed E-state index contributed by atoms with van der Waals surface area (Å²) in [4.78, 5) is 24.8. The van der Waals surface area contributed by atoms with Gasteiger partial charge in [0.05, 0.1) is 12.0 Å². The van der Waals surface area contributed by atoms with E-state index < -0.39 is 12.1 Å². The van der Waals surface area contributed by atoms with Crippen molar-refractivity contribution in [3.05, 3.63) is 54.5 Å². The number of hydrazone groups is 1. The van der Waals surface area contributed by atoms with E-state index in [1.807, 2.05) is 30.3 Å². The first kappa shape index (κ1) is 12.2. The van der Waals surface area contributed by atoms with E-state index in [0.717, 1.165) is 5.69 Å². The van der Waals surface area contributed by atoms with Crippen molar-refractivity contribution in [2.24, 2.45) is 5.10 Å². The molecular weight excluding hydrogens is 258 g/mol. The van der Waals surface area contributed by atoms with Crippen molar-refractivity contribution in [1.29, 1.82) is 0 Å². The minimum Gasteiger partial charge on any atom is -0.459 e. The van der Waals surface area contributed by atoms with Crippen LogP contribution < -0.4 is 5.01 Å². The molecule has 0 bridgehead atoms. The lowest BCUT2D eigenvalue weighted by molar-refractivity contribution is -0.110. The van der Waals surface area contributed by atoms with E-state index in [1.54, 1.807) is 12.1 Å². The summed E-state index contributed by atoms with van der Waals surface area (Å²) in [5.74, 6) is -0.243. The normalized spacial score (nSPS) is 17.5. The molecule has 1 aliphatic rings. The Labute approximate surface area is 114 Å². The molecule has 0 N–H and O–H groups in total. The highest BCUT2D eigenvalue weighted by Crippen LogP contribution is 2.22. The number of amides is 1. The third-order valence-corrected chi connectivity index (χ3v) is 2.94. The number of hydrogen-bond donors (Lipinski definition) is 0. The fourth-order valence-electron chi connectivity index (χ4n) is 1.99. The summed E-state index contributed by atoms with van der Waals surface area (Å²) < 4.78 is 5.05. The van der Waals surface area contributed by atoms with Gasteiger partial charge in [-0.3, -0.25) is 14.5 Å². The van der Waals surface area contributed by atoms with Crippen molar-refractivity contribution in [3.8, 4) is 0 Å². The Bertz CT molecular complexity index is 637. The third-order valence-electron chi connectivity index (χ3n) is 2.94. The molecule has 1 unspecified atom stereocenters. The van der Waals surface area contributed by atoms with E-state index in [2.05, 4.69) is 5.10 Å². The highest BCUT2D eigenvalue weighted by molar-refractivity contribution is 6.02. The standard InChI is InChI=1S/C14H11N3O3/c18-9-13-16(14(19)12-7-4-8-20-12)10-15-17(13)11-5-2-1-3-6-11/h1-10,13H. The second-order valence-electron chi connectivity index (χ2n) is 4.15. The number of furan rings is 1. The highest BCUT2D eigenvalue weighted by Gasteiger charge is 2.34. The van der Waals surface area contributed by atoms with Gasteiger partial charge in [0.15, 0.2) is 18.2 Å². The summed E-state index contributed by atoms with van der Waals surface area (Å²) in [6.07, 6.45) is 2.60. The average Bonchev–Trinajstić information content (AvgIpc) is 3.16. The Kier molecular flexibility index (Phi) is 3.04. The molecule has 20 heavy (non-hydrogen) atoms. The zero-order valence-corrected chi connectivity index (χ0v) is 10.4. The molecule has 0 radical (unpaired) electrons. The Balaban J connectivity index is 1.88. The van der Waals surface area contributed by atoms with Crippen LogP contribution in [-0.4, -0.2) is 29.6 Å². The molecule has 2 aromatic rings. The number of rotatable bonds is 3. The molecule has 0 saturated carbocycles. The van der Waals surface area contributed by atoms with Gasteiger partial charge in [-0.2, -0.15) is 5.10 Å². The van der Waals surface area contributed by atoms with Crippen LogP contribution in [0, 0.1) is 0 Å². The van der Waals surface area contributed by atoms with Gasteiger partial charge < -0.3 is 4.42 Å². The minimum absolute atomic E-state index is 0.165. The first-order valence-electron chi connectivity index (χ1n) is 6.01. The maximum Gasteiger partial charge on any atom is 0.296 e. The molecule has 1 aromatic heterocycles. The summed E-state index contributed by atoms with van der Waals surface area (Å²) in [6, 6.07) is 12.3. The number of aldehydes is 1. The maximum absolute atomic E-state index is 12.2. The monoisotopic (exact) mass is 269 g/mol. The fourth-order valence-corrected chi connectivity index (χ4v) is 1.99. The molecule has 6 nitrogen and oxygen atoms in total. The molecule has 1 amide bonds. The van der Waals surface area contributed by atoms with Gasteiger partial charge in [0.25, 0.3) is 5.91 Å². The molecular formula is C14H11N3O3. The Morgan fingerprint density at radius 1 is 1.20 bits per heavy atom. The molecule has 0 spiro atoms. The van der Waals surface area contributed by atoms with Crippen molar-refractivity contribution in [2.45, 2.75) is 6.17 Å². The second kappa shape index (κ2) is 5.00. The lowest BCUT2D eigenvalue weighted by Crippen LogP contribution is -2.44. The quantitative estimate of drug-likeness (QED) is 0.796. The summed E-state index contributed by atoms with van der Waals surface area (Å²) in [5, 5.41) is 5.59. The topological polar surface area (TPSA) is 66.1 Å². The van der Waals surface area contributed by atoms with Crippen LogP contribution in [0.1, 0.15) is 10.6 Å². The minimum atomic E-state index is -0.810. The van der Waals surface area contributed by atoms with Crippen LogP contribution in [0.2, 0.25) is 0 Å². The number of carbonyl (C=O) groups is 2. The van der Waals surface area contributed by atoms with Gasteiger partial charge in [-0.1, -0.05) is 18.2 Å². The molecule has 1 aliphatic heterocycles. The smallest absolute Gasteiger partial charge is 0.296 e. The predicted molar refractivity (Wildman–Crippen MR) is 72.1 cm³/mol. The molecule has 3 rings (SSSR count). The van der Waals surface area contributed by atoms with E-state index in [1.165, 1.54) is 22.5 Å². The largest absolute Gasteiger partial charge is 0.459 e. The maximum atomic E-state index is 12.2. The molecule has 1 atom stereocenters. The summed E-state index contributed by atoms with van der Waals surface area (Å²) in [7, 11) is 0. The summed E-state index contributed by atoms with van der Waals surface area (Å²) >= 11 is 0. The lowest BCUT2D eigenvalue weighted by Gasteiger charge is -2.24. The molecule has 6 heteroatoms. The van der Waals surface area contributed by atoms with Crippen LogP contribution in [0.15, 0.2) is 58.2 Å². The van der Waals surface area contributed by atoms with Crippen LogP contribution >= 0.6 is 0 Å². The number of para-hydroxylation sites is 1. The first-order chi connectivity index (χ1) is 9.81. The van der Waals surface area contributed by atoms with Crippen LogP contribution in [0.4, 0.5) is 5.69 Å². The predicted octanol–water partition coefficient (Wildman–Crippen LogP) is 1.71. The van der Waals surface area contributed by atoms with Crippen LogP contribution in [-0.2, 0) is 4.79 Å². The van der Waals surface area contributed by atoms with Gasteiger partial charge in [-0.15, -0.1) is 0 Å². The number of anilines is 1. The van der Waals surface area contributed by atoms with Crippen molar-refractivity contribution in [3.63, 3.8) is 0 Å². The van der Waals surface area contributed by atoms with Crippen molar-refractivity contribution in [2.75, 3.05) is 5.01 Å².